The van der Waals surface area contributed by atoms with Crippen LogP contribution < -0.4 is 5.32 Å². The van der Waals surface area contributed by atoms with Gasteiger partial charge in [-0.1, -0.05) is 29.5 Å². The molecule has 1 aliphatic heterocycles. The van der Waals surface area contributed by atoms with Crippen LogP contribution in [0, 0.1) is 5.82 Å². The van der Waals surface area contributed by atoms with Crippen molar-refractivity contribution in [2.75, 3.05) is 25.1 Å². The van der Waals surface area contributed by atoms with Crippen LogP contribution in [0.15, 0.2) is 48.7 Å². The maximum atomic E-state index is 13.3. The van der Waals surface area contributed by atoms with Crippen LogP contribution in [0.2, 0.25) is 0 Å². The van der Waals surface area contributed by atoms with Crippen molar-refractivity contribution in [1.29, 1.82) is 0 Å². The Bertz CT molecular complexity index is 847. The molecule has 7 heteroatoms. The first-order valence-electron chi connectivity index (χ1n) is 8.58. The Balaban J connectivity index is 1.52. The minimum atomic E-state index is -0.215. The van der Waals surface area contributed by atoms with Crippen molar-refractivity contribution >= 4 is 16.5 Å². The maximum absolute atomic E-state index is 13.3. The lowest BCUT2D eigenvalue weighted by molar-refractivity contribution is 0.0543. The van der Waals surface area contributed by atoms with E-state index < -0.39 is 0 Å². The third kappa shape index (κ3) is 3.59. The third-order valence-corrected chi connectivity index (χ3v) is 5.70. The second-order valence-electron chi connectivity index (χ2n) is 6.38. The van der Waals surface area contributed by atoms with E-state index in [1.165, 1.54) is 23.5 Å². The SMILES string of the molecule is Fc1ccc(C2(CNc3nnc(-c4ccccn4)s3)CCOCC2)cc1. The highest BCUT2D eigenvalue weighted by Gasteiger charge is 2.34. The van der Waals surface area contributed by atoms with E-state index >= 15 is 0 Å². The summed E-state index contributed by atoms with van der Waals surface area (Å²) >= 11 is 1.48. The second-order valence-corrected chi connectivity index (χ2v) is 7.36. The summed E-state index contributed by atoms with van der Waals surface area (Å²) in [6.07, 6.45) is 3.52. The summed E-state index contributed by atoms with van der Waals surface area (Å²) in [5, 5.41) is 13.4. The standard InChI is InChI=1S/C19H19FN4OS/c20-15-6-4-14(5-7-15)19(8-11-25-12-9-19)13-22-18-24-23-17(26-18)16-3-1-2-10-21-16/h1-7,10H,8-9,11-13H2,(H,22,24). The number of halogens is 1. The molecule has 1 aliphatic rings. The Morgan fingerprint density at radius 3 is 2.62 bits per heavy atom. The van der Waals surface area contributed by atoms with Crippen LogP contribution in [-0.4, -0.2) is 34.9 Å². The van der Waals surface area contributed by atoms with E-state index in [9.17, 15) is 4.39 Å². The van der Waals surface area contributed by atoms with Crippen LogP contribution in [0.25, 0.3) is 10.7 Å². The largest absolute Gasteiger partial charge is 0.381 e. The molecule has 4 rings (SSSR count). The molecule has 1 aromatic carbocycles. The smallest absolute Gasteiger partial charge is 0.206 e. The number of benzene rings is 1. The summed E-state index contributed by atoms with van der Waals surface area (Å²) in [6.45, 7) is 2.11. The van der Waals surface area contributed by atoms with Crippen molar-refractivity contribution in [2.45, 2.75) is 18.3 Å². The Kier molecular flexibility index (Phi) is 4.90. The topological polar surface area (TPSA) is 59.9 Å². The number of anilines is 1. The Morgan fingerprint density at radius 1 is 1.08 bits per heavy atom. The van der Waals surface area contributed by atoms with Gasteiger partial charge in [-0.05, 0) is 42.7 Å². The van der Waals surface area contributed by atoms with Gasteiger partial charge in [-0.2, -0.15) is 0 Å². The van der Waals surface area contributed by atoms with E-state index in [-0.39, 0.29) is 11.2 Å². The molecule has 1 fully saturated rings. The molecule has 0 aliphatic carbocycles. The molecule has 134 valence electrons. The van der Waals surface area contributed by atoms with Crippen LogP contribution in [-0.2, 0) is 10.2 Å². The number of aromatic nitrogens is 3. The molecule has 0 unspecified atom stereocenters. The number of pyridine rings is 1. The molecule has 3 heterocycles. The lowest BCUT2D eigenvalue weighted by atomic mass is 9.74. The van der Waals surface area contributed by atoms with Gasteiger partial charge in [0.2, 0.25) is 5.13 Å². The predicted molar refractivity (Wildman–Crippen MR) is 99.8 cm³/mol. The molecular formula is C19H19FN4OS. The van der Waals surface area contributed by atoms with E-state index in [4.69, 9.17) is 4.74 Å². The molecular weight excluding hydrogens is 351 g/mol. The van der Waals surface area contributed by atoms with E-state index in [1.807, 2.05) is 30.3 Å². The van der Waals surface area contributed by atoms with Crippen LogP contribution in [0.1, 0.15) is 18.4 Å². The molecule has 26 heavy (non-hydrogen) atoms. The highest BCUT2D eigenvalue weighted by Crippen LogP contribution is 2.36. The third-order valence-electron chi connectivity index (χ3n) is 4.79. The first-order chi connectivity index (χ1) is 12.8. The zero-order valence-corrected chi connectivity index (χ0v) is 15.0. The summed E-state index contributed by atoms with van der Waals surface area (Å²) < 4.78 is 18.9. The van der Waals surface area contributed by atoms with Gasteiger partial charge in [0.05, 0.1) is 0 Å². The monoisotopic (exact) mass is 370 g/mol. The highest BCUT2D eigenvalue weighted by molar-refractivity contribution is 7.18. The summed E-state index contributed by atoms with van der Waals surface area (Å²) in [6, 6.07) is 12.5. The molecule has 0 atom stereocenters. The number of rotatable bonds is 5. The molecule has 2 aromatic heterocycles. The predicted octanol–water partition coefficient (Wildman–Crippen LogP) is 3.90. The molecule has 0 radical (unpaired) electrons. The normalized spacial score (nSPS) is 16.3. The van der Waals surface area contributed by atoms with Crippen molar-refractivity contribution in [1.82, 2.24) is 15.2 Å². The van der Waals surface area contributed by atoms with Crippen LogP contribution in [0.5, 0.6) is 0 Å². The molecule has 0 bridgehead atoms. The number of hydrogen-bond donors (Lipinski definition) is 1. The van der Waals surface area contributed by atoms with Gasteiger partial charge in [-0.3, -0.25) is 4.98 Å². The zero-order valence-electron chi connectivity index (χ0n) is 14.2. The van der Waals surface area contributed by atoms with E-state index in [0.717, 1.165) is 34.2 Å². The summed E-state index contributed by atoms with van der Waals surface area (Å²) in [5.41, 5.74) is 1.85. The molecule has 5 nitrogen and oxygen atoms in total. The fourth-order valence-corrected chi connectivity index (χ4v) is 3.98. The van der Waals surface area contributed by atoms with Gasteiger partial charge in [-0.15, -0.1) is 10.2 Å². The van der Waals surface area contributed by atoms with Crippen molar-refractivity contribution in [3.05, 3.63) is 60.0 Å². The average molecular weight is 370 g/mol. The maximum Gasteiger partial charge on any atom is 0.206 e. The summed E-state index contributed by atoms with van der Waals surface area (Å²) in [5.74, 6) is -0.215. The minimum Gasteiger partial charge on any atom is -0.381 e. The van der Waals surface area contributed by atoms with Crippen molar-refractivity contribution in [3.8, 4) is 10.7 Å². The summed E-state index contributed by atoms with van der Waals surface area (Å²) in [7, 11) is 0. The number of nitrogens with one attached hydrogen (secondary N) is 1. The van der Waals surface area contributed by atoms with Crippen molar-refractivity contribution in [3.63, 3.8) is 0 Å². The van der Waals surface area contributed by atoms with Gasteiger partial charge in [0.25, 0.3) is 0 Å². The number of nitrogens with zero attached hydrogens (tertiary/aromatic N) is 3. The van der Waals surface area contributed by atoms with E-state index in [2.05, 4.69) is 20.5 Å². The van der Waals surface area contributed by atoms with Crippen molar-refractivity contribution in [2.24, 2.45) is 0 Å². The molecule has 1 N–H and O–H groups in total. The van der Waals surface area contributed by atoms with E-state index in [0.29, 0.717) is 19.8 Å². The van der Waals surface area contributed by atoms with Gasteiger partial charge < -0.3 is 10.1 Å². The second kappa shape index (κ2) is 7.47. The van der Waals surface area contributed by atoms with E-state index in [1.54, 1.807) is 6.20 Å². The van der Waals surface area contributed by atoms with Gasteiger partial charge >= 0.3 is 0 Å². The first-order valence-corrected chi connectivity index (χ1v) is 9.39. The Hall–Kier alpha value is -2.38. The quantitative estimate of drug-likeness (QED) is 0.738. The minimum absolute atomic E-state index is 0.0945. The lowest BCUT2D eigenvalue weighted by Gasteiger charge is -2.37. The van der Waals surface area contributed by atoms with Gasteiger partial charge in [0, 0.05) is 31.4 Å². The fourth-order valence-electron chi connectivity index (χ4n) is 3.27. The number of hydrogen-bond acceptors (Lipinski definition) is 6. The number of ether oxygens (including phenoxy) is 1. The highest BCUT2D eigenvalue weighted by atomic mass is 32.1. The molecule has 0 amide bonds. The molecule has 0 spiro atoms. The first kappa shape index (κ1) is 17.1. The van der Waals surface area contributed by atoms with Gasteiger partial charge in [0.15, 0.2) is 5.01 Å². The lowest BCUT2D eigenvalue weighted by Crippen LogP contribution is -2.40. The Labute approximate surface area is 155 Å². The molecule has 1 saturated heterocycles. The van der Waals surface area contributed by atoms with Gasteiger partial charge in [-0.25, -0.2) is 4.39 Å². The zero-order chi connectivity index (χ0) is 17.8. The van der Waals surface area contributed by atoms with Crippen molar-refractivity contribution < 1.29 is 9.13 Å². The van der Waals surface area contributed by atoms with Crippen LogP contribution in [0.3, 0.4) is 0 Å². The summed E-state index contributed by atoms with van der Waals surface area (Å²) in [4.78, 5) is 4.31. The van der Waals surface area contributed by atoms with Crippen LogP contribution >= 0.6 is 11.3 Å². The van der Waals surface area contributed by atoms with Crippen LogP contribution in [0.4, 0.5) is 9.52 Å². The average Bonchev–Trinajstić information content (AvgIpc) is 3.18. The Morgan fingerprint density at radius 2 is 1.88 bits per heavy atom. The fraction of sp³-hybridized carbons (Fsp3) is 0.316. The van der Waals surface area contributed by atoms with Gasteiger partial charge in [0.1, 0.15) is 11.5 Å². The molecule has 0 saturated carbocycles. The molecule has 3 aromatic rings.